The molecule has 156 valence electrons. The Kier molecular flexibility index (Phi) is 9.92. The zero-order valence-corrected chi connectivity index (χ0v) is 18.0. The lowest BCUT2D eigenvalue weighted by Gasteiger charge is -2.24. The number of hydrogen-bond donors (Lipinski definition) is 0. The summed E-state index contributed by atoms with van der Waals surface area (Å²) in [6.45, 7) is 5.42. The molecule has 0 unspecified atom stereocenters. The molecule has 1 aromatic rings. The van der Waals surface area contributed by atoms with Crippen LogP contribution in [0.2, 0.25) is 0 Å². The minimum Gasteiger partial charge on any atom is -0.494 e. The monoisotopic (exact) mass is 459 g/mol. The van der Waals surface area contributed by atoms with Gasteiger partial charge in [0, 0.05) is 17.0 Å². The van der Waals surface area contributed by atoms with Crippen molar-refractivity contribution in [3.8, 4) is 5.75 Å². The number of alkyl halides is 1. The molecule has 0 aliphatic heterocycles. The zero-order valence-electron chi connectivity index (χ0n) is 16.4. The molecule has 0 saturated heterocycles. The molecule has 8 nitrogen and oxygen atoms in total. The van der Waals surface area contributed by atoms with Crippen LogP contribution in [0, 0.1) is 15.5 Å². The molecule has 0 radical (unpaired) electrons. The van der Waals surface area contributed by atoms with Crippen LogP contribution in [0.25, 0.3) is 0 Å². The number of rotatable bonds is 12. The van der Waals surface area contributed by atoms with Gasteiger partial charge in [-0.25, -0.2) is 0 Å². The first kappa shape index (κ1) is 23.9. The van der Waals surface area contributed by atoms with Crippen molar-refractivity contribution in [1.29, 1.82) is 0 Å². The Labute approximate surface area is 172 Å². The van der Waals surface area contributed by atoms with E-state index in [2.05, 4.69) is 15.9 Å². The number of nitro benzene ring substituents is 1. The van der Waals surface area contributed by atoms with E-state index >= 15 is 0 Å². The maximum Gasteiger partial charge on any atom is 0.323 e. The van der Waals surface area contributed by atoms with Crippen LogP contribution >= 0.6 is 15.9 Å². The first-order valence-electron chi connectivity index (χ1n) is 9.10. The van der Waals surface area contributed by atoms with E-state index in [-0.39, 0.29) is 31.9 Å². The third-order valence-electron chi connectivity index (χ3n) is 4.15. The molecule has 0 fully saturated rings. The summed E-state index contributed by atoms with van der Waals surface area (Å²) in [6, 6.07) is 4.58. The number of esters is 2. The van der Waals surface area contributed by atoms with Crippen molar-refractivity contribution in [3.63, 3.8) is 0 Å². The van der Waals surface area contributed by atoms with Crippen LogP contribution in [0.3, 0.4) is 0 Å². The lowest BCUT2D eigenvalue weighted by atomic mass is 9.85. The molecule has 0 aromatic heterocycles. The van der Waals surface area contributed by atoms with Crippen molar-refractivity contribution in [2.24, 2.45) is 5.41 Å². The van der Waals surface area contributed by atoms with Gasteiger partial charge in [-0.2, -0.15) is 0 Å². The van der Waals surface area contributed by atoms with Gasteiger partial charge < -0.3 is 14.2 Å². The summed E-state index contributed by atoms with van der Waals surface area (Å²) in [5.41, 5.74) is -0.780. The van der Waals surface area contributed by atoms with Gasteiger partial charge in [-0.15, -0.1) is 0 Å². The minimum absolute atomic E-state index is 0.0454. The first-order valence-corrected chi connectivity index (χ1v) is 10.2. The van der Waals surface area contributed by atoms with E-state index in [0.717, 1.165) is 0 Å². The van der Waals surface area contributed by atoms with Crippen LogP contribution in [-0.2, 0) is 25.5 Å². The Balaban J connectivity index is 2.75. The topological polar surface area (TPSA) is 105 Å². The Bertz CT molecular complexity index is 675. The number of halogens is 1. The fourth-order valence-electron chi connectivity index (χ4n) is 2.62. The molecule has 0 aliphatic rings. The number of carbonyl (C=O) groups excluding carboxylic acids is 2. The number of nitrogens with zero attached hydrogens (tertiary/aromatic N) is 1. The van der Waals surface area contributed by atoms with Crippen molar-refractivity contribution in [1.82, 2.24) is 0 Å². The van der Waals surface area contributed by atoms with Crippen LogP contribution < -0.4 is 4.74 Å². The molecule has 9 heteroatoms. The molecule has 1 rings (SSSR count). The van der Waals surface area contributed by atoms with Crippen LogP contribution in [0.15, 0.2) is 18.2 Å². The number of benzene rings is 1. The molecule has 0 heterocycles. The van der Waals surface area contributed by atoms with Crippen LogP contribution in [0.1, 0.15) is 39.2 Å². The Morgan fingerprint density at radius 1 is 1.18 bits per heavy atom. The van der Waals surface area contributed by atoms with Crippen molar-refractivity contribution in [2.75, 3.05) is 25.2 Å². The largest absolute Gasteiger partial charge is 0.494 e. The van der Waals surface area contributed by atoms with E-state index in [9.17, 15) is 19.7 Å². The summed E-state index contributed by atoms with van der Waals surface area (Å²) in [5.74, 6) is -0.748. The van der Waals surface area contributed by atoms with Gasteiger partial charge in [0.25, 0.3) is 5.69 Å². The average molecular weight is 460 g/mol. The number of aryl methyl sites for hydroxylation is 1. The van der Waals surface area contributed by atoms with E-state index in [1.807, 2.05) is 0 Å². The predicted octanol–water partition coefficient (Wildman–Crippen LogP) is 3.82. The number of carbonyl (C=O) groups is 2. The SMILES string of the molecule is CCOC(=O)C(C)(CCCOc1ccc([N+](=O)[O-])c(CCBr)c1)C(=O)OCC. The third kappa shape index (κ3) is 6.47. The van der Waals surface area contributed by atoms with E-state index in [1.54, 1.807) is 19.9 Å². The molecular weight excluding hydrogens is 434 g/mol. The molecular formula is C19H26BrNO7. The summed E-state index contributed by atoms with van der Waals surface area (Å²) in [6.07, 6.45) is 1.10. The van der Waals surface area contributed by atoms with E-state index < -0.39 is 22.3 Å². The molecule has 1 aromatic carbocycles. The van der Waals surface area contributed by atoms with Crippen molar-refractivity contribution >= 4 is 33.6 Å². The molecule has 0 bridgehead atoms. The molecule has 28 heavy (non-hydrogen) atoms. The van der Waals surface area contributed by atoms with E-state index in [0.29, 0.717) is 29.5 Å². The van der Waals surface area contributed by atoms with E-state index in [4.69, 9.17) is 14.2 Å². The second-order valence-electron chi connectivity index (χ2n) is 6.21. The average Bonchev–Trinajstić information content (AvgIpc) is 2.65. The number of ether oxygens (including phenoxy) is 3. The molecule has 0 saturated carbocycles. The van der Waals surface area contributed by atoms with Gasteiger partial charge in [0.15, 0.2) is 5.41 Å². The normalized spacial score (nSPS) is 11.0. The Morgan fingerprint density at radius 2 is 1.79 bits per heavy atom. The number of nitro groups is 1. The quantitative estimate of drug-likeness (QED) is 0.117. The maximum atomic E-state index is 12.2. The zero-order chi connectivity index (χ0) is 21.2. The fourth-order valence-corrected chi connectivity index (χ4v) is 3.04. The van der Waals surface area contributed by atoms with Crippen LogP contribution in [0.5, 0.6) is 5.75 Å². The van der Waals surface area contributed by atoms with Crippen molar-refractivity contribution in [3.05, 3.63) is 33.9 Å². The summed E-state index contributed by atoms with van der Waals surface area (Å²) in [4.78, 5) is 35.1. The van der Waals surface area contributed by atoms with Gasteiger partial charge in [-0.3, -0.25) is 19.7 Å². The molecule has 0 spiro atoms. The van der Waals surface area contributed by atoms with Gasteiger partial charge in [-0.05, 0) is 52.2 Å². The highest BCUT2D eigenvalue weighted by Gasteiger charge is 2.43. The summed E-state index contributed by atoms with van der Waals surface area (Å²) in [7, 11) is 0. The van der Waals surface area contributed by atoms with Gasteiger partial charge in [-0.1, -0.05) is 15.9 Å². The van der Waals surface area contributed by atoms with Crippen LogP contribution in [-0.4, -0.2) is 42.0 Å². The minimum atomic E-state index is -1.40. The third-order valence-corrected chi connectivity index (χ3v) is 4.55. The summed E-state index contributed by atoms with van der Waals surface area (Å²) in [5, 5.41) is 11.7. The summed E-state index contributed by atoms with van der Waals surface area (Å²) >= 11 is 3.28. The number of hydrogen-bond acceptors (Lipinski definition) is 7. The second-order valence-corrected chi connectivity index (χ2v) is 7.00. The standard InChI is InChI=1S/C19H26BrNO7/c1-4-26-17(22)19(3,18(23)27-5-2)10-6-12-28-15-7-8-16(21(24)25)14(13-15)9-11-20/h7-8,13H,4-6,9-12H2,1-3H3. The smallest absolute Gasteiger partial charge is 0.323 e. The van der Waals surface area contributed by atoms with Crippen LogP contribution in [0.4, 0.5) is 5.69 Å². The maximum absolute atomic E-state index is 12.2. The molecule has 0 aliphatic carbocycles. The van der Waals surface area contributed by atoms with Gasteiger partial charge in [0.1, 0.15) is 5.75 Å². The predicted molar refractivity (Wildman–Crippen MR) is 107 cm³/mol. The van der Waals surface area contributed by atoms with Gasteiger partial charge in [0.05, 0.1) is 24.7 Å². The lowest BCUT2D eigenvalue weighted by Crippen LogP contribution is -2.39. The summed E-state index contributed by atoms with van der Waals surface area (Å²) < 4.78 is 15.7. The highest BCUT2D eigenvalue weighted by Crippen LogP contribution is 2.29. The lowest BCUT2D eigenvalue weighted by molar-refractivity contribution is -0.385. The van der Waals surface area contributed by atoms with Gasteiger partial charge >= 0.3 is 11.9 Å². The Hall–Kier alpha value is -2.16. The molecule has 0 amide bonds. The van der Waals surface area contributed by atoms with Gasteiger partial charge in [0.2, 0.25) is 0 Å². The molecule has 0 atom stereocenters. The second kappa shape index (κ2) is 11.6. The van der Waals surface area contributed by atoms with Crippen molar-refractivity contribution in [2.45, 2.75) is 40.0 Å². The van der Waals surface area contributed by atoms with E-state index in [1.165, 1.54) is 19.1 Å². The van der Waals surface area contributed by atoms with Crippen molar-refractivity contribution < 1.29 is 28.7 Å². The highest BCUT2D eigenvalue weighted by atomic mass is 79.9. The molecule has 0 N–H and O–H groups in total. The highest BCUT2D eigenvalue weighted by molar-refractivity contribution is 9.09. The fraction of sp³-hybridized carbons (Fsp3) is 0.579. The first-order chi connectivity index (χ1) is 13.3. The Morgan fingerprint density at radius 3 is 2.29 bits per heavy atom.